The van der Waals surface area contributed by atoms with E-state index in [1.54, 1.807) is 6.07 Å². The van der Waals surface area contributed by atoms with E-state index in [2.05, 4.69) is 15.5 Å². The van der Waals surface area contributed by atoms with E-state index in [0.717, 1.165) is 26.1 Å². The fraction of sp³-hybridized carbons (Fsp3) is 0.533. The van der Waals surface area contributed by atoms with Gasteiger partial charge in [0.25, 0.3) is 0 Å². The number of carbonyl (C=O) groups is 1. The molecule has 0 saturated carbocycles. The number of carbonyl (C=O) groups excluding carboxylic acids is 1. The summed E-state index contributed by atoms with van der Waals surface area (Å²) in [6.45, 7) is 4.95. The number of likely N-dealkylation sites (N-methyl/N-ethyl adjacent to an activating group) is 1. The van der Waals surface area contributed by atoms with Crippen LogP contribution in [0.4, 0.5) is 10.1 Å². The van der Waals surface area contributed by atoms with Crippen LogP contribution in [0.5, 0.6) is 0 Å². The van der Waals surface area contributed by atoms with Crippen LogP contribution in [-0.4, -0.2) is 43.0 Å². The molecule has 4 nitrogen and oxygen atoms in total. The third kappa shape index (κ3) is 4.95. The number of anilines is 1. The Labute approximate surface area is 129 Å². The average Bonchev–Trinajstić information content (AvgIpc) is 2.94. The van der Waals surface area contributed by atoms with Crippen molar-refractivity contribution < 1.29 is 9.18 Å². The fourth-order valence-corrected chi connectivity index (χ4v) is 2.67. The minimum atomic E-state index is -0.517. The van der Waals surface area contributed by atoms with Crippen LogP contribution in [0.25, 0.3) is 0 Å². The van der Waals surface area contributed by atoms with Gasteiger partial charge < -0.3 is 10.6 Å². The molecule has 21 heavy (non-hydrogen) atoms. The number of amides is 1. The third-order valence-electron chi connectivity index (χ3n) is 3.66. The Morgan fingerprint density at radius 2 is 2.38 bits per heavy atom. The van der Waals surface area contributed by atoms with Gasteiger partial charge in [-0.3, -0.25) is 9.69 Å². The summed E-state index contributed by atoms with van der Waals surface area (Å²) in [5.41, 5.74) is 0.166. The van der Waals surface area contributed by atoms with Crippen LogP contribution in [0, 0.1) is 5.82 Å². The molecule has 1 aromatic rings. The molecule has 1 amide bonds. The molecule has 0 bridgehead atoms. The van der Waals surface area contributed by atoms with Gasteiger partial charge in [-0.25, -0.2) is 4.39 Å². The van der Waals surface area contributed by atoms with Gasteiger partial charge in [-0.2, -0.15) is 0 Å². The van der Waals surface area contributed by atoms with Gasteiger partial charge in [0, 0.05) is 17.6 Å². The van der Waals surface area contributed by atoms with Gasteiger partial charge in [0.1, 0.15) is 5.82 Å². The molecule has 1 unspecified atom stereocenters. The molecule has 0 spiro atoms. The average molecular weight is 314 g/mol. The summed E-state index contributed by atoms with van der Waals surface area (Å²) in [7, 11) is 0. The first kappa shape index (κ1) is 16.2. The highest BCUT2D eigenvalue weighted by molar-refractivity contribution is 6.30. The summed E-state index contributed by atoms with van der Waals surface area (Å²) in [6.07, 6.45) is 2.33. The topological polar surface area (TPSA) is 44.4 Å². The summed E-state index contributed by atoms with van der Waals surface area (Å²) in [5, 5.41) is 6.32. The molecule has 1 aliphatic rings. The van der Waals surface area contributed by atoms with Gasteiger partial charge in [0.15, 0.2) is 0 Å². The molecule has 1 saturated heterocycles. The molecule has 1 aromatic carbocycles. The van der Waals surface area contributed by atoms with Crippen molar-refractivity contribution in [2.75, 3.05) is 31.5 Å². The number of hydrogen-bond donors (Lipinski definition) is 2. The van der Waals surface area contributed by atoms with Gasteiger partial charge in [-0.1, -0.05) is 18.5 Å². The quantitative estimate of drug-likeness (QED) is 0.848. The summed E-state index contributed by atoms with van der Waals surface area (Å²) in [6, 6.07) is 4.67. The van der Waals surface area contributed by atoms with Gasteiger partial charge in [0.05, 0.1) is 12.2 Å². The molecule has 2 N–H and O–H groups in total. The number of nitrogens with one attached hydrogen (secondary N) is 2. The second-order valence-electron chi connectivity index (χ2n) is 5.29. The van der Waals surface area contributed by atoms with Crippen molar-refractivity contribution in [3.05, 3.63) is 29.0 Å². The maximum Gasteiger partial charge on any atom is 0.238 e. The van der Waals surface area contributed by atoms with Crippen LogP contribution in [0.3, 0.4) is 0 Å². The van der Waals surface area contributed by atoms with E-state index in [0.29, 0.717) is 11.1 Å². The molecular formula is C15H21ClFN3O. The zero-order valence-corrected chi connectivity index (χ0v) is 12.9. The van der Waals surface area contributed by atoms with Gasteiger partial charge >= 0.3 is 0 Å². The van der Waals surface area contributed by atoms with Crippen molar-refractivity contribution >= 4 is 23.2 Å². The van der Waals surface area contributed by atoms with Crippen molar-refractivity contribution in [2.45, 2.75) is 25.8 Å². The zero-order valence-electron chi connectivity index (χ0n) is 12.2. The van der Waals surface area contributed by atoms with Crippen molar-refractivity contribution in [2.24, 2.45) is 0 Å². The maximum absolute atomic E-state index is 13.6. The van der Waals surface area contributed by atoms with Crippen LogP contribution in [0.15, 0.2) is 18.2 Å². The number of hydrogen-bond acceptors (Lipinski definition) is 3. The third-order valence-corrected chi connectivity index (χ3v) is 3.90. The first-order chi connectivity index (χ1) is 10.1. The van der Waals surface area contributed by atoms with Crippen molar-refractivity contribution in [1.82, 2.24) is 10.2 Å². The van der Waals surface area contributed by atoms with Crippen LogP contribution in [-0.2, 0) is 4.79 Å². The van der Waals surface area contributed by atoms with E-state index in [1.807, 2.05) is 6.92 Å². The predicted octanol–water partition coefficient (Wildman–Crippen LogP) is 2.49. The first-order valence-corrected chi connectivity index (χ1v) is 7.67. The molecule has 2 rings (SSSR count). The van der Waals surface area contributed by atoms with Crippen LogP contribution >= 0.6 is 11.6 Å². The molecule has 6 heteroatoms. The Hall–Kier alpha value is -1.17. The van der Waals surface area contributed by atoms with Crippen LogP contribution in [0.1, 0.15) is 19.8 Å². The van der Waals surface area contributed by atoms with Gasteiger partial charge in [-0.05, 0) is 44.1 Å². The molecule has 1 heterocycles. The number of nitrogens with zero attached hydrogens (tertiary/aromatic N) is 1. The molecule has 0 aromatic heterocycles. The van der Waals surface area contributed by atoms with E-state index in [9.17, 15) is 9.18 Å². The van der Waals surface area contributed by atoms with Crippen molar-refractivity contribution in [3.63, 3.8) is 0 Å². The van der Waals surface area contributed by atoms with Crippen molar-refractivity contribution in [3.8, 4) is 0 Å². The Bertz CT molecular complexity index is 492. The lowest BCUT2D eigenvalue weighted by Crippen LogP contribution is -2.41. The summed E-state index contributed by atoms with van der Waals surface area (Å²) >= 11 is 5.69. The second-order valence-corrected chi connectivity index (χ2v) is 5.73. The van der Waals surface area contributed by atoms with Crippen molar-refractivity contribution in [1.29, 1.82) is 0 Å². The van der Waals surface area contributed by atoms with Gasteiger partial charge in [-0.15, -0.1) is 0 Å². The smallest absolute Gasteiger partial charge is 0.238 e. The highest BCUT2D eigenvalue weighted by atomic mass is 35.5. The summed E-state index contributed by atoms with van der Waals surface area (Å²) in [5.74, 6) is -0.729. The predicted molar refractivity (Wildman–Crippen MR) is 83.2 cm³/mol. The SMILES string of the molecule is CCN(CC(=O)Nc1ccc(Cl)cc1F)CC1CCCN1. The van der Waals surface area contributed by atoms with E-state index >= 15 is 0 Å². The standard InChI is InChI=1S/C15H21ClFN3O/c1-2-20(9-12-4-3-7-18-12)10-15(21)19-14-6-5-11(16)8-13(14)17/h5-6,8,12,18H,2-4,7,9-10H2,1H3,(H,19,21). The van der Waals surface area contributed by atoms with E-state index in [1.165, 1.54) is 18.6 Å². The molecule has 1 aliphatic heterocycles. The lowest BCUT2D eigenvalue weighted by molar-refractivity contribution is -0.117. The Kier molecular flexibility index (Phi) is 5.96. The molecule has 1 fully saturated rings. The zero-order chi connectivity index (χ0) is 15.2. The highest BCUT2D eigenvalue weighted by Gasteiger charge is 2.19. The summed E-state index contributed by atoms with van der Waals surface area (Å²) < 4.78 is 13.6. The molecule has 116 valence electrons. The normalized spacial score (nSPS) is 18.2. The molecule has 0 radical (unpaired) electrons. The van der Waals surface area contributed by atoms with E-state index < -0.39 is 5.82 Å². The maximum atomic E-state index is 13.6. The minimum Gasteiger partial charge on any atom is -0.322 e. The number of halogens is 2. The second kappa shape index (κ2) is 7.73. The molecule has 0 aliphatic carbocycles. The van der Waals surface area contributed by atoms with E-state index in [4.69, 9.17) is 11.6 Å². The van der Waals surface area contributed by atoms with Crippen LogP contribution in [0.2, 0.25) is 5.02 Å². The monoisotopic (exact) mass is 313 g/mol. The number of benzene rings is 1. The first-order valence-electron chi connectivity index (χ1n) is 7.29. The van der Waals surface area contributed by atoms with Crippen LogP contribution < -0.4 is 10.6 Å². The Balaban J connectivity index is 1.86. The highest BCUT2D eigenvalue weighted by Crippen LogP contribution is 2.18. The Morgan fingerprint density at radius 3 is 3.00 bits per heavy atom. The minimum absolute atomic E-state index is 0.166. The van der Waals surface area contributed by atoms with Gasteiger partial charge in [0.2, 0.25) is 5.91 Å². The number of rotatable bonds is 6. The molecule has 1 atom stereocenters. The Morgan fingerprint density at radius 1 is 1.57 bits per heavy atom. The lowest BCUT2D eigenvalue weighted by Gasteiger charge is -2.23. The summed E-state index contributed by atoms with van der Waals surface area (Å²) in [4.78, 5) is 14.1. The lowest BCUT2D eigenvalue weighted by atomic mass is 10.2. The fourth-order valence-electron chi connectivity index (χ4n) is 2.51. The van der Waals surface area contributed by atoms with E-state index in [-0.39, 0.29) is 18.1 Å². The largest absolute Gasteiger partial charge is 0.322 e. The molecular weight excluding hydrogens is 293 g/mol.